The van der Waals surface area contributed by atoms with E-state index in [1.54, 1.807) is 12.1 Å². The van der Waals surface area contributed by atoms with Crippen molar-refractivity contribution in [1.29, 1.82) is 0 Å². The molecule has 0 radical (unpaired) electrons. The number of phenols is 1. The molecule has 1 N–H and O–H groups in total. The number of carbonyl (C=O) groups is 1. The Morgan fingerprint density at radius 3 is 2.75 bits per heavy atom. The van der Waals surface area contributed by atoms with E-state index in [9.17, 15) is 14.7 Å². The van der Waals surface area contributed by atoms with Crippen molar-refractivity contribution in [3.05, 3.63) is 52.2 Å². The normalized spacial score (nSPS) is 10.8. The maximum absolute atomic E-state index is 12.4. The third-order valence-electron chi connectivity index (χ3n) is 3.10. The summed E-state index contributed by atoms with van der Waals surface area (Å²) in [5.74, 6) is -0.690. The molecule has 0 aliphatic rings. The first-order valence-corrected chi connectivity index (χ1v) is 5.88. The van der Waals surface area contributed by atoms with Crippen LogP contribution >= 0.6 is 0 Å². The van der Waals surface area contributed by atoms with Gasteiger partial charge in [0.2, 0.25) is 5.43 Å². The van der Waals surface area contributed by atoms with Gasteiger partial charge in [0.25, 0.3) is 0 Å². The minimum absolute atomic E-state index is 0.0991. The summed E-state index contributed by atoms with van der Waals surface area (Å²) in [6.07, 6.45) is 0. The lowest BCUT2D eigenvalue weighted by atomic mass is 10.1. The molecule has 1 heterocycles. The summed E-state index contributed by atoms with van der Waals surface area (Å²) >= 11 is 0. The predicted molar refractivity (Wildman–Crippen MR) is 73.0 cm³/mol. The summed E-state index contributed by atoms with van der Waals surface area (Å²) in [7, 11) is 1.27. The van der Waals surface area contributed by atoms with Crippen LogP contribution in [-0.4, -0.2) is 18.2 Å². The highest BCUT2D eigenvalue weighted by Crippen LogP contribution is 2.25. The van der Waals surface area contributed by atoms with Crippen LogP contribution in [0.25, 0.3) is 21.9 Å². The maximum Gasteiger partial charge on any atom is 0.337 e. The molecule has 5 nitrogen and oxygen atoms in total. The van der Waals surface area contributed by atoms with Gasteiger partial charge in [0.15, 0.2) is 0 Å². The lowest BCUT2D eigenvalue weighted by Gasteiger charge is -2.04. The average Bonchev–Trinajstić information content (AvgIpc) is 2.46. The van der Waals surface area contributed by atoms with Crippen LogP contribution in [-0.2, 0) is 4.74 Å². The van der Waals surface area contributed by atoms with Gasteiger partial charge in [-0.2, -0.15) is 0 Å². The van der Waals surface area contributed by atoms with Gasteiger partial charge in [-0.25, -0.2) is 4.79 Å². The fraction of sp³-hybridized carbons (Fsp3) is 0.0667. The zero-order valence-electron chi connectivity index (χ0n) is 10.5. The van der Waals surface area contributed by atoms with Crippen LogP contribution in [0.4, 0.5) is 0 Å². The SMILES string of the molecule is COC(=O)c1ccc2oc3cccc(O)c3c(=O)c2c1. The fourth-order valence-corrected chi connectivity index (χ4v) is 2.13. The zero-order chi connectivity index (χ0) is 14.3. The highest BCUT2D eigenvalue weighted by atomic mass is 16.5. The van der Waals surface area contributed by atoms with Crippen LogP contribution < -0.4 is 5.43 Å². The Hall–Kier alpha value is -2.82. The third kappa shape index (κ3) is 1.72. The molecular formula is C15H10O5. The van der Waals surface area contributed by atoms with E-state index in [4.69, 9.17) is 4.42 Å². The average molecular weight is 270 g/mol. The van der Waals surface area contributed by atoms with Crippen molar-refractivity contribution in [2.45, 2.75) is 0 Å². The van der Waals surface area contributed by atoms with Gasteiger partial charge in [-0.1, -0.05) is 6.07 Å². The molecule has 0 unspecified atom stereocenters. The number of benzene rings is 2. The Labute approximate surface area is 113 Å². The lowest BCUT2D eigenvalue weighted by Crippen LogP contribution is -2.06. The molecule has 0 amide bonds. The van der Waals surface area contributed by atoms with Crippen molar-refractivity contribution in [3.63, 3.8) is 0 Å². The second-order valence-electron chi connectivity index (χ2n) is 4.28. The Morgan fingerprint density at radius 1 is 1.20 bits per heavy atom. The summed E-state index contributed by atoms with van der Waals surface area (Å²) in [5.41, 5.74) is 0.515. The van der Waals surface area contributed by atoms with Gasteiger partial charge in [-0.15, -0.1) is 0 Å². The van der Waals surface area contributed by atoms with Crippen LogP contribution in [0.1, 0.15) is 10.4 Å². The first-order chi connectivity index (χ1) is 9.61. The second-order valence-corrected chi connectivity index (χ2v) is 4.28. The number of carbonyl (C=O) groups excluding carboxylic acids is 1. The maximum atomic E-state index is 12.4. The standard InChI is InChI=1S/C15H10O5/c1-19-15(18)8-5-6-11-9(7-8)14(17)13-10(16)3-2-4-12(13)20-11/h2-7,16H,1H3. The van der Waals surface area contributed by atoms with Gasteiger partial charge in [-0.3, -0.25) is 4.79 Å². The predicted octanol–water partition coefficient (Wildman–Crippen LogP) is 2.44. The number of aromatic hydroxyl groups is 1. The molecule has 0 saturated carbocycles. The second kappa shape index (κ2) is 4.38. The molecule has 20 heavy (non-hydrogen) atoms. The lowest BCUT2D eigenvalue weighted by molar-refractivity contribution is 0.0601. The minimum atomic E-state index is -0.538. The van der Waals surface area contributed by atoms with E-state index in [2.05, 4.69) is 4.74 Å². The summed E-state index contributed by atoms with van der Waals surface area (Å²) in [5, 5.41) is 10.1. The third-order valence-corrected chi connectivity index (χ3v) is 3.10. The van der Waals surface area contributed by atoms with Gasteiger partial charge < -0.3 is 14.3 Å². The monoisotopic (exact) mass is 270 g/mol. The Morgan fingerprint density at radius 2 is 2.00 bits per heavy atom. The highest BCUT2D eigenvalue weighted by molar-refractivity contribution is 5.97. The highest BCUT2D eigenvalue weighted by Gasteiger charge is 2.13. The molecule has 5 heteroatoms. The Balaban J connectivity index is 2.43. The number of fused-ring (bicyclic) bond motifs is 2. The van der Waals surface area contributed by atoms with E-state index in [1.165, 1.54) is 31.4 Å². The first kappa shape index (κ1) is 12.2. The molecular weight excluding hydrogens is 260 g/mol. The molecule has 0 saturated heterocycles. The van der Waals surface area contributed by atoms with Crippen LogP contribution in [0.15, 0.2) is 45.6 Å². The quantitative estimate of drug-likeness (QED) is 0.543. The molecule has 0 aliphatic carbocycles. The van der Waals surface area contributed by atoms with Gasteiger partial charge in [-0.05, 0) is 30.3 Å². The molecule has 0 spiro atoms. The molecule has 3 rings (SSSR count). The van der Waals surface area contributed by atoms with Crippen molar-refractivity contribution in [3.8, 4) is 5.75 Å². The van der Waals surface area contributed by atoms with Crippen molar-refractivity contribution >= 4 is 27.9 Å². The minimum Gasteiger partial charge on any atom is -0.507 e. The molecule has 1 aromatic heterocycles. The molecule has 0 atom stereocenters. The number of phenolic OH excluding ortho intramolecular Hbond substituents is 1. The van der Waals surface area contributed by atoms with E-state index < -0.39 is 5.97 Å². The fourth-order valence-electron chi connectivity index (χ4n) is 2.13. The summed E-state index contributed by atoms with van der Waals surface area (Å²) in [6, 6.07) is 9.06. The first-order valence-electron chi connectivity index (χ1n) is 5.88. The topological polar surface area (TPSA) is 76.7 Å². The number of rotatable bonds is 1. The van der Waals surface area contributed by atoms with Crippen molar-refractivity contribution < 1.29 is 19.1 Å². The Kier molecular flexibility index (Phi) is 2.68. The largest absolute Gasteiger partial charge is 0.507 e. The smallest absolute Gasteiger partial charge is 0.337 e. The Bertz CT molecular complexity index is 892. The summed E-state index contributed by atoms with van der Waals surface area (Å²) < 4.78 is 10.2. The molecule has 0 fully saturated rings. The zero-order valence-corrected chi connectivity index (χ0v) is 10.5. The molecule has 0 aliphatic heterocycles. The molecule has 0 bridgehead atoms. The van der Waals surface area contributed by atoms with Crippen molar-refractivity contribution in [2.24, 2.45) is 0 Å². The van der Waals surface area contributed by atoms with Crippen molar-refractivity contribution in [1.82, 2.24) is 0 Å². The molecule has 100 valence electrons. The summed E-state index contributed by atoms with van der Waals surface area (Å²) in [4.78, 5) is 23.9. The van der Waals surface area contributed by atoms with Crippen LogP contribution in [0.3, 0.4) is 0 Å². The number of hydrogen-bond acceptors (Lipinski definition) is 5. The van der Waals surface area contributed by atoms with Crippen LogP contribution in [0.2, 0.25) is 0 Å². The number of hydrogen-bond donors (Lipinski definition) is 1. The number of esters is 1. The van der Waals surface area contributed by atoms with Gasteiger partial charge in [0.05, 0.1) is 18.1 Å². The van der Waals surface area contributed by atoms with Gasteiger partial charge >= 0.3 is 5.97 Å². The molecule has 3 aromatic rings. The summed E-state index contributed by atoms with van der Waals surface area (Å²) in [6.45, 7) is 0. The molecule has 2 aromatic carbocycles. The van der Waals surface area contributed by atoms with E-state index in [0.717, 1.165) is 0 Å². The van der Waals surface area contributed by atoms with E-state index >= 15 is 0 Å². The van der Waals surface area contributed by atoms with Gasteiger partial charge in [0, 0.05) is 0 Å². The number of ether oxygens (including phenoxy) is 1. The van der Waals surface area contributed by atoms with Crippen molar-refractivity contribution in [2.75, 3.05) is 7.11 Å². The van der Waals surface area contributed by atoms with Crippen LogP contribution in [0.5, 0.6) is 5.75 Å². The number of methoxy groups -OCH3 is 1. The van der Waals surface area contributed by atoms with Gasteiger partial charge in [0.1, 0.15) is 22.3 Å². The van der Waals surface area contributed by atoms with Crippen LogP contribution in [0, 0.1) is 0 Å². The van der Waals surface area contributed by atoms with E-state index in [0.29, 0.717) is 11.2 Å². The van der Waals surface area contributed by atoms with E-state index in [1.807, 2.05) is 0 Å². The van der Waals surface area contributed by atoms with E-state index in [-0.39, 0.29) is 27.5 Å².